The Labute approximate surface area is 458 Å². The number of rotatable bonds is 29. The molecule has 76 heavy (non-hydrogen) atoms. The third-order valence-corrected chi connectivity index (χ3v) is 15.2. The number of hydrogen-bond acceptors (Lipinski definition) is 17. The van der Waals surface area contributed by atoms with Gasteiger partial charge in [-0.1, -0.05) is 63.0 Å². The summed E-state index contributed by atoms with van der Waals surface area (Å²) in [6.45, 7) is 20.2. The van der Waals surface area contributed by atoms with Crippen LogP contribution in [0.15, 0.2) is 59.9 Å². The third kappa shape index (κ3) is 14.5. The van der Waals surface area contributed by atoms with Crippen molar-refractivity contribution in [2.24, 2.45) is 15.8 Å². The zero-order valence-electron chi connectivity index (χ0n) is 44.5. The molecule has 22 heteroatoms. The van der Waals surface area contributed by atoms with Crippen LogP contribution in [-0.2, 0) is 33.2 Å². The van der Waals surface area contributed by atoms with Crippen LogP contribution < -0.4 is 20.3 Å². The first-order valence-corrected chi connectivity index (χ1v) is 26.9. The molecule has 0 saturated heterocycles. The maximum Gasteiger partial charge on any atom is 0.254 e. The van der Waals surface area contributed by atoms with Crippen molar-refractivity contribution in [3.05, 3.63) is 109 Å². The minimum absolute atomic E-state index is 0.0996. The van der Waals surface area contributed by atoms with Gasteiger partial charge in [0.1, 0.15) is 34.8 Å². The molecule has 2 aromatic carbocycles. The van der Waals surface area contributed by atoms with E-state index in [2.05, 4.69) is 78.4 Å². The molecule has 1 fully saturated rings. The highest BCUT2D eigenvalue weighted by molar-refractivity contribution is 7.15. The van der Waals surface area contributed by atoms with Crippen LogP contribution in [0, 0.1) is 42.9 Å². The standard InChI is InChI=1S/C54H68Cl2N10O9S/c1-34-35(2)76-49-45(34)46(37-9-12-40(55)13-10-37)61-43(47-64-63-36(3)66(47)49)30-44(67)58-15-17-69-19-21-71-23-25-73-27-28-74-26-24-72-22-20-70-18-16-65(8)52-59-32-39(33-60-52)48(68)62-50-53(4,5)51(54(50,6)7)75-41-14-11-38(31-57)42(56)29-41/h9-14,29,32-33,43,50-51H,15-28,30H2,1-8H3,(H,58,67)(H,62,68)/t43-,50?,51?/m0/s1. The van der Waals surface area contributed by atoms with Gasteiger partial charge in [0.15, 0.2) is 5.82 Å². The zero-order chi connectivity index (χ0) is 54.4. The number of halogens is 2. The maximum absolute atomic E-state index is 13.3. The largest absolute Gasteiger partial charge is 0.489 e. The SMILES string of the molecule is Cc1sc2c(c1C)C(c1ccc(Cl)cc1)=N[C@@H](CC(=O)NCCOCCOCCOCCOCCOCCOCCN(C)c1ncc(C(=O)NC3C(C)(C)C(Oc4ccc(C#N)c(Cl)c4)C3(C)C)cn1)c1nnc(C)n1-2. The first-order chi connectivity index (χ1) is 36.5. The summed E-state index contributed by atoms with van der Waals surface area (Å²) in [5.74, 6) is 1.98. The Bertz CT molecular complexity index is 2800. The second-order valence-electron chi connectivity index (χ2n) is 19.6. The lowest BCUT2D eigenvalue weighted by molar-refractivity contribution is -0.164. The van der Waals surface area contributed by atoms with Crippen LogP contribution in [-0.4, -0.2) is 154 Å². The van der Waals surface area contributed by atoms with Crippen molar-refractivity contribution in [3.8, 4) is 16.8 Å². The topological polar surface area (TPSA) is 219 Å². The summed E-state index contributed by atoms with van der Waals surface area (Å²) in [5.41, 5.74) is 3.80. The molecule has 2 aliphatic rings. The van der Waals surface area contributed by atoms with Crippen LogP contribution in [0.1, 0.15) is 89.3 Å². The monoisotopic (exact) mass is 1100 g/mol. The molecule has 3 aromatic heterocycles. The fourth-order valence-electron chi connectivity index (χ4n) is 9.59. The molecule has 2 N–H and O–H groups in total. The normalized spacial score (nSPS) is 17.1. The van der Waals surface area contributed by atoms with Crippen LogP contribution in [0.3, 0.4) is 0 Å². The second-order valence-corrected chi connectivity index (χ2v) is 21.7. The Morgan fingerprint density at radius 2 is 1.38 bits per heavy atom. The van der Waals surface area contributed by atoms with Crippen molar-refractivity contribution in [3.63, 3.8) is 0 Å². The number of anilines is 1. The number of nitrogens with zero attached hydrogens (tertiary/aromatic N) is 8. The highest BCUT2D eigenvalue weighted by Gasteiger charge is 2.64. The lowest BCUT2D eigenvalue weighted by atomic mass is 9.49. The van der Waals surface area contributed by atoms with E-state index in [1.807, 2.05) is 47.7 Å². The van der Waals surface area contributed by atoms with Gasteiger partial charge in [0.2, 0.25) is 11.9 Å². The van der Waals surface area contributed by atoms with Crippen molar-refractivity contribution in [2.45, 2.75) is 73.1 Å². The number of aliphatic imine (C=N–C) groups is 1. The third-order valence-electron chi connectivity index (χ3n) is 13.4. The summed E-state index contributed by atoms with van der Waals surface area (Å²) >= 11 is 14.1. The molecule has 1 aliphatic carbocycles. The molecule has 0 bridgehead atoms. The molecule has 1 aliphatic heterocycles. The number of ether oxygens (including phenoxy) is 7. The Hall–Kier alpha value is -5.60. The summed E-state index contributed by atoms with van der Waals surface area (Å²) in [4.78, 5) is 43.6. The molecule has 19 nitrogen and oxygen atoms in total. The van der Waals surface area contributed by atoms with Crippen molar-refractivity contribution >= 4 is 58.0 Å². The minimum atomic E-state index is -0.547. The molecule has 1 saturated carbocycles. The van der Waals surface area contributed by atoms with Gasteiger partial charge >= 0.3 is 0 Å². The van der Waals surface area contributed by atoms with Gasteiger partial charge in [-0.15, -0.1) is 21.5 Å². The summed E-state index contributed by atoms with van der Waals surface area (Å²) in [6, 6.07) is 13.9. The van der Waals surface area contributed by atoms with Crippen LogP contribution in [0.4, 0.5) is 5.95 Å². The molecule has 0 spiro atoms. The predicted molar refractivity (Wildman–Crippen MR) is 291 cm³/mol. The highest BCUT2D eigenvalue weighted by atomic mass is 35.5. The number of aromatic nitrogens is 5. The number of thiophene rings is 1. The highest BCUT2D eigenvalue weighted by Crippen LogP contribution is 2.55. The summed E-state index contributed by atoms with van der Waals surface area (Å²) in [6.07, 6.45) is 2.93. The van der Waals surface area contributed by atoms with Gasteiger partial charge in [0.05, 0.1) is 108 Å². The number of carbonyl (C=O) groups is 2. The molecular weight excluding hydrogens is 1040 g/mol. The van der Waals surface area contributed by atoms with Gasteiger partial charge in [-0.25, -0.2) is 9.97 Å². The maximum atomic E-state index is 13.3. The predicted octanol–water partition coefficient (Wildman–Crippen LogP) is 7.47. The molecule has 1 atom stereocenters. The molecule has 0 radical (unpaired) electrons. The number of fused-ring (bicyclic) bond motifs is 3. The number of nitrogens with one attached hydrogen (secondary N) is 2. The number of nitriles is 1. The number of benzene rings is 2. The Kier molecular flexibility index (Phi) is 20.7. The average Bonchev–Trinajstić information content (AvgIpc) is 3.91. The lowest BCUT2D eigenvalue weighted by Gasteiger charge is -2.63. The first kappa shape index (κ1) is 58.1. The Balaban J connectivity index is 0.664. The number of carbonyl (C=O) groups excluding carboxylic acids is 2. The fourth-order valence-corrected chi connectivity index (χ4v) is 11.1. The van der Waals surface area contributed by atoms with E-state index in [9.17, 15) is 14.9 Å². The average molecular weight is 1100 g/mol. The quantitative estimate of drug-likeness (QED) is 0.0444. The number of likely N-dealkylation sites (N-methyl/N-ethyl adjacent to an activating group) is 1. The van der Waals surface area contributed by atoms with Crippen molar-refractivity contribution in [1.82, 2.24) is 35.4 Å². The molecule has 2 amide bonds. The van der Waals surface area contributed by atoms with E-state index in [0.29, 0.717) is 131 Å². The Morgan fingerprint density at radius 1 is 0.803 bits per heavy atom. The molecule has 0 unspecified atom stereocenters. The van der Waals surface area contributed by atoms with Gasteiger partial charge in [-0.2, -0.15) is 5.26 Å². The number of hydrogen-bond donors (Lipinski definition) is 2. The van der Waals surface area contributed by atoms with Gasteiger partial charge in [-0.05, 0) is 50.6 Å². The van der Waals surface area contributed by atoms with Crippen LogP contribution in [0.25, 0.3) is 5.00 Å². The van der Waals surface area contributed by atoms with Crippen molar-refractivity contribution in [2.75, 3.05) is 104 Å². The van der Waals surface area contributed by atoms with E-state index in [4.69, 9.17) is 61.4 Å². The van der Waals surface area contributed by atoms with Crippen molar-refractivity contribution in [1.29, 1.82) is 5.26 Å². The smallest absolute Gasteiger partial charge is 0.254 e. The lowest BCUT2D eigenvalue weighted by Crippen LogP contribution is -2.74. The first-order valence-electron chi connectivity index (χ1n) is 25.3. The van der Waals surface area contributed by atoms with Gasteiger partial charge in [0, 0.05) is 76.5 Å². The molecule has 4 heterocycles. The minimum Gasteiger partial charge on any atom is -0.489 e. The van der Waals surface area contributed by atoms with E-state index in [1.165, 1.54) is 17.3 Å². The molecule has 408 valence electrons. The van der Waals surface area contributed by atoms with Gasteiger partial charge < -0.3 is 48.7 Å². The van der Waals surface area contributed by atoms with Crippen molar-refractivity contribution < 1.29 is 42.7 Å². The summed E-state index contributed by atoms with van der Waals surface area (Å²) in [7, 11) is 1.86. The van der Waals surface area contributed by atoms with Gasteiger partial charge in [-0.3, -0.25) is 19.1 Å². The molecular formula is C54H68Cl2N10O9S. The van der Waals surface area contributed by atoms with Gasteiger partial charge in [0.25, 0.3) is 5.91 Å². The second kappa shape index (κ2) is 27.1. The number of amides is 2. The van der Waals surface area contributed by atoms with E-state index in [1.54, 1.807) is 29.5 Å². The van der Waals surface area contributed by atoms with E-state index in [0.717, 1.165) is 33.2 Å². The number of aryl methyl sites for hydroxylation is 2. The summed E-state index contributed by atoms with van der Waals surface area (Å²) < 4.78 is 42.2. The van der Waals surface area contributed by atoms with Crippen LogP contribution in [0.2, 0.25) is 10.0 Å². The molecule has 5 aromatic rings. The van der Waals surface area contributed by atoms with E-state index >= 15 is 0 Å². The van der Waals surface area contributed by atoms with Crippen LogP contribution >= 0.6 is 34.5 Å². The Morgan fingerprint density at radius 3 is 1.96 bits per heavy atom. The fraction of sp³-hybridized carbons (Fsp3) is 0.519. The van der Waals surface area contributed by atoms with Crippen LogP contribution in [0.5, 0.6) is 5.75 Å². The zero-order valence-corrected chi connectivity index (χ0v) is 46.8. The molecule has 7 rings (SSSR count). The van der Waals surface area contributed by atoms with E-state index in [-0.39, 0.29) is 30.4 Å². The van der Waals surface area contributed by atoms with E-state index < -0.39 is 16.9 Å². The summed E-state index contributed by atoms with van der Waals surface area (Å²) in [5, 5.41) is 26.1.